The van der Waals surface area contributed by atoms with Crippen molar-refractivity contribution in [2.45, 2.75) is 0 Å². The maximum absolute atomic E-state index is 12.4. The number of rotatable bonds is 6. The number of allylic oxidation sites excluding steroid dienone is 1. The van der Waals surface area contributed by atoms with E-state index in [4.69, 9.17) is 18.6 Å². The molecule has 0 N–H and O–H groups in total. The highest BCUT2D eigenvalue weighted by Gasteiger charge is 2.13. The number of carbonyl (C=O) groups is 1. The number of furan rings is 1. The fourth-order valence-corrected chi connectivity index (χ4v) is 2.61. The third-order valence-corrected chi connectivity index (χ3v) is 3.82. The van der Waals surface area contributed by atoms with E-state index >= 15 is 0 Å². The molecule has 5 heteroatoms. The summed E-state index contributed by atoms with van der Waals surface area (Å²) in [6.45, 7) is 0. The molecule has 0 amide bonds. The summed E-state index contributed by atoms with van der Waals surface area (Å²) in [6, 6.07) is 12.7. The van der Waals surface area contributed by atoms with Gasteiger partial charge in [0.15, 0.2) is 28.6 Å². The fourth-order valence-electron chi connectivity index (χ4n) is 2.61. The van der Waals surface area contributed by atoms with Crippen LogP contribution in [0.15, 0.2) is 53.0 Å². The molecule has 128 valence electrons. The molecular weight excluding hydrogens is 320 g/mol. The van der Waals surface area contributed by atoms with E-state index in [0.29, 0.717) is 22.8 Å². The van der Waals surface area contributed by atoms with Gasteiger partial charge in [0.25, 0.3) is 0 Å². The molecular formula is C20H18O5. The van der Waals surface area contributed by atoms with Gasteiger partial charge in [0.2, 0.25) is 5.78 Å². The summed E-state index contributed by atoms with van der Waals surface area (Å²) in [5.74, 6) is 1.77. The maximum atomic E-state index is 12.4. The van der Waals surface area contributed by atoms with Gasteiger partial charge in [-0.25, -0.2) is 0 Å². The minimum Gasteiger partial charge on any atom is -0.493 e. The zero-order chi connectivity index (χ0) is 17.8. The quantitative estimate of drug-likeness (QED) is 0.494. The lowest BCUT2D eigenvalue weighted by molar-refractivity contribution is 0.102. The molecule has 0 saturated carbocycles. The van der Waals surface area contributed by atoms with Crippen LogP contribution in [0.4, 0.5) is 0 Å². The van der Waals surface area contributed by atoms with Crippen molar-refractivity contribution in [3.8, 4) is 17.2 Å². The van der Waals surface area contributed by atoms with E-state index < -0.39 is 0 Å². The zero-order valence-corrected chi connectivity index (χ0v) is 14.2. The van der Waals surface area contributed by atoms with Crippen molar-refractivity contribution in [2.24, 2.45) is 0 Å². The van der Waals surface area contributed by atoms with E-state index in [0.717, 1.165) is 10.9 Å². The van der Waals surface area contributed by atoms with E-state index in [-0.39, 0.29) is 11.5 Å². The van der Waals surface area contributed by atoms with Crippen molar-refractivity contribution in [1.82, 2.24) is 0 Å². The second-order valence-electron chi connectivity index (χ2n) is 5.27. The smallest absolute Gasteiger partial charge is 0.221 e. The summed E-state index contributed by atoms with van der Waals surface area (Å²) >= 11 is 0. The van der Waals surface area contributed by atoms with E-state index in [1.165, 1.54) is 6.08 Å². The highest BCUT2D eigenvalue weighted by atomic mass is 16.5. The Hall–Kier alpha value is -3.21. The second kappa shape index (κ2) is 7.13. The molecule has 0 saturated heterocycles. The molecule has 5 nitrogen and oxygen atoms in total. The van der Waals surface area contributed by atoms with Crippen molar-refractivity contribution in [1.29, 1.82) is 0 Å². The molecule has 0 spiro atoms. The normalized spacial score (nSPS) is 11.0. The Kier molecular flexibility index (Phi) is 4.75. The Morgan fingerprint density at radius 2 is 1.68 bits per heavy atom. The second-order valence-corrected chi connectivity index (χ2v) is 5.27. The Morgan fingerprint density at radius 1 is 0.960 bits per heavy atom. The number of para-hydroxylation sites is 2. The Labute approximate surface area is 145 Å². The number of hydrogen-bond donors (Lipinski definition) is 0. The molecule has 0 atom stereocenters. The molecule has 0 aliphatic rings. The van der Waals surface area contributed by atoms with Gasteiger partial charge in [-0.15, -0.1) is 0 Å². The van der Waals surface area contributed by atoms with Crippen molar-refractivity contribution >= 4 is 22.8 Å². The lowest BCUT2D eigenvalue weighted by Crippen LogP contribution is -1.94. The molecule has 1 aromatic heterocycles. The Bertz CT molecular complexity index is 936. The van der Waals surface area contributed by atoms with Crippen molar-refractivity contribution in [3.63, 3.8) is 0 Å². The van der Waals surface area contributed by atoms with Crippen LogP contribution in [0.5, 0.6) is 17.2 Å². The van der Waals surface area contributed by atoms with Crippen LogP contribution < -0.4 is 14.2 Å². The van der Waals surface area contributed by atoms with E-state index in [1.54, 1.807) is 45.6 Å². The maximum Gasteiger partial charge on any atom is 0.221 e. The van der Waals surface area contributed by atoms with Crippen molar-refractivity contribution in [3.05, 3.63) is 59.9 Å². The van der Waals surface area contributed by atoms with Crippen molar-refractivity contribution in [2.75, 3.05) is 21.3 Å². The van der Waals surface area contributed by atoms with Crippen LogP contribution in [-0.2, 0) is 0 Å². The molecule has 2 aromatic carbocycles. The minimum atomic E-state index is -0.247. The van der Waals surface area contributed by atoms with Crippen LogP contribution in [0.1, 0.15) is 16.1 Å². The summed E-state index contributed by atoms with van der Waals surface area (Å²) < 4.78 is 21.5. The largest absolute Gasteiger partial charge is 0.493 e. The molecule has 0 radical (unpaired) electrons. The molecule has 25 heavy (non-hydrogen) atoms. The monoisotopic (exact) mass is 338 g/mol. The number of ketones is 1. The first-order valence-electron chi connectivity index (χ1n) is 7.68. The first-order valence-corrected chi connectivity index (χ1v) is 7.68. The zero-order valence-electron chi connectivity index (χ0n) is 14.2. The summed E-state index contributed by atoms with van der Waals surface area (Å²) in [4.78, 5) is 12.4. The molecule has 0 aliphatic heterocycles. The highest BCUT2D eigenvalue weighted by molar-refractivity contribution is 6.07. The Morgan fingerprint density at radius 3 is 2.40 bits per heavy atom. The molecule has 3 aromatic rings. The fraction of sp³-hybridized carbons (Fsp3) is 0.150. The standard InChI is InChI=1S/C20H18O5/c1-22-16-8-4-6-13(19(16)24-3)10-11-15(21)18-12-14-7-5-9-17(23-2)20(14)25-18/h4-12H,1-3H3/b11-10+. The van der Waals surface area contributed by atoms with E-state index in [2.05, 4.69) is 0 Å². The average Bonchev–Trinajstić information content (AvgIpc) is 3.09. The molecule has 0 bridgehead atoms. The molecule has 0 fully saturated rings. The third kappa shape index (κ3) is 3.21. The van der Waals surface area contributed by atoms with Gasteiger partial charge in [-0.1, -0.05) is 24.3 Å². The predicted octanol–water partition coefficient (Wildman–Crippen LogP) is 4.35. The third-order valence-electron chi connectivity index (χ3n) is 3.82. The summed E-state index contributed by atoms with van der Waals surface area (Å²) in [6.07, 6.45) is 3.12. The van der Waals surface area contributed by atoms with Gasteiger partial charge in [0.05, 0.1) is 21.3 Å². The van der Waals surface area contributed by atoms with Gasteiger partial charge < -0.3 is 18.6 Å². The lowest BCUT2D eigenvalue weighted by Gasteiger charge is -2.09. The molecule has 3 rings (SSSR count). The molecule has 1 heterocycles. The van der Waals surface area contributed by atoms with Crippen molar-refractivity contribution < 1.29 is 23.4 Å². The number of hydrogen-bond acceptors (Lipinski definition) is 5. The predicted molar refractivity (Wildman–Crippen MR) is 95.7 cm³/mol. The van der Waals surface area contributed by atoms with Gasteiger partial charge >= 0.3 is 0 Å². The van der Waals surface area contributed by atoms with Gasteiger partial charge in [-0.05, 0) is 30.4 Å². The summed E-state index contributed by atoms with van der Waals surface area (Å²) in [7, 11) is 4.69. The van der Waals surface area contributed by atoms with Crippen LogP contribution in [0.2, 0.25) is 0 Å². The van der Waals surface area contributed by atoms with Crippen LogP contribution in [-0.4, -0.2) is 27.1 Å². The van der Waals surface area contributed by atoms with Crippen LogP contribution in [0.3, 0.4) is 0 Å². The summed E-state index contributed by atoms with van der Waals surface area (Å²) in [5, 5.41) is 0.815. The van der Waals surface area contributed by atoms with Gasteiger partial charge in [-0.2, -0.15) is 0 Å². The number of ether oxygens (including phenoxy) is 3. The number of methoxy groups -OCH3 is 3. The molecule has 0 aliphatic carbocycles. The Balaban J connectivity index is 1.91. The highest BCUT2D eigenvalue weighted by Crippen LogP contribution is 2.32. The van der Waals surface area contributed by atoms with E-state index in [9.17, 15) is 4.79 Å². The summed E-state index contributed by atoms with van der Waals surface area (Å²) in [5.41, 5.74) is 1.30. The van der Waals surface area contributed by atoms with Crippen LogP contribution in [0.25, 0.3) is 17.0 Å². The lowest BCUT2D eigenvalue weighted by atomic mass is 10.1. The topological polar surface area (TPSA) is 57.9 Å². The molecule has 0 unspecified atom stereocenters. The first kappa shape index (κ1) is 16.6. The SMILES string of the molecule is COc1cccc(/C=C/C(=O)c2cc3cccc(OC)c3o2)c1OC. The number of fused-ring (bicyclic) bond motifs is 1. The minimum absolute atomic E-state index is 0.247. The number of benzene rings is 2. The number of carbonyl (C=O) groups excluding carboxylic acids is 1. The van der Waals surface area contributed by atoms with Gasteiger partial charge in [-0.3, -0.25) is 4.79 Å². The van der Waals surface area contributed by atoms with E-state index in [1.807, 2.05) is 24.3 Å². The average molecular weight is 338 g/mol. The first-order chi connectivity index (χ1) is 12.2. The van der Waals surface area contributed by atoms with Crippen LogP contribution in [0, 0.1) is 0 Å². The van der Waals surface area contributed by atoms with Gasteiger partial charge in [0.1, 0.15) is 0 Å². The van der Waals surface area contributed by atoms with Gasteiger partial charge in [0, 0.05) is 10.9 Å². The van der Waals surface area contributed by atoms with Crippen LogP contribution >= 0.6 is 0 Å².